The number of carbonyl (C=O) groups excluding carboxylic acids is 1. The fourth-order valence-electron chi connectivity index (χ4n) is 0.544. The lowest BCUT2D eigenvalue weighted by atomic mass is 9.98. The fourth-order valence-corrected chi connectivity index (χ4v) is 0.544. The molecule has 0 radical (unpaired) electrons. The van der Waals surface area contributed by atoms with Crippen molar-refractivity contribution >= 4 is 11.8 Å². The van der Waals surface area contributed by atoms with E-state index in [-0.39, 0.29) is 0 Å². The maximum Gasteiger partial charge on any atom is 0.308 e. The topological polar surface area (TPSA) is 66.4 Å². The van der Waals surface area contributed by atoms with Crippen molar-refractivity contribution in [3.8, 4) is 0 Å². The molecule has 4 heteroatoms. The maximum absolute atomic E-state index is 10.2. The number of hydrogen-bond acceptors (Lipinski definition) is 3. The molecule has 0 aromatic carbocycles. The number of carbonyl (C=O) groups is 2. The largest absolute Gasteiger partial charge is 0.481 e. The van der Waals surface area contributed by atoms with Crippen LogP contribution in [0.1, 0.15) is 27.2 Å². The van der Waals surface area contributed by atoms with Crippen LogP contribution in [-0.4, -0.2) is 29.9 Å². The summed E-state index contributed by atoms with van der Waals surface area (Å²) in [5.41, 5.74) is -0.583. The van der Waals surface area contributed by atoms with Gasteiger partial charge in [0.05, 0.1) is 12.0 Å². The molecule has 1 aliphatic heterocycles. The average Bonchev–Trinajstić information content (AvgIpc) is 2.38. The highest BCUT2D eigenvalue weighted by molar-refractivity contribution is 5.82. The Labute approximate surface area is 78.3 Å². The van der Waals surface area contributed by atoms with Crippen LogP contribution >= 0.6 is 0 Å². The van der Waals surface area contributed by atoms with E-state index in [2.05, 4.69) is 5.32 Å². The molecule has 0 aliphatic carbocycles. The van der Waals surface area contributed by atoms with E-state index in [1.54, 1.807) is 20.8 Å². The summed E-state index contributed by atoms with van der Waals surface area (Å²) in [6, 6.07) is 0. The van der Waals surface area contributed by atoms with Gasteiger partial charge in [0.1, 0.15) is 5.78 Å². The van der Waals surface area contributed by atoms with Crippen LogP contribution in [0.25, 0.3) is 0 Å². The predicted molar refractivity (Wildman–Crippen MR) is 49.6 cm³/mol. The van der Waals surface area contributed by atoms with Gasteiger partial charge in [-0.3, -0.25) is 9.59 Å². The van der Waals surface area contributed by atoms with E-state index < -0.39 is 11.4 Å². The third kappa shape index (κ3) is 6.28. The fraction of sp³-hybridized carbons (Fsp3) is 0.778. The molecular formula is C9H17NO3. The van der Waals surface area contributed by atoms with Crippen molar-refractivity contribution in [1.82, 2.24) is 5.32 Å². The smallest absolute Gasteiger partial charge is 0.308 e. The minimum absolute atomic E-state index is 0.343. The van der Waals surface area contributed by atoms with Crippen LogP contribution in [0.3, 0.4) is 0 Å². The molecule has 13 heavy (non-hydrogen) atoms. The second-order valence-electron chi connectivity index (χ2n) is 4.02. The van der Waals surface area contributed by atoms with Crippen LogP contribution in [0.2, 0.25) is 0 Å². The van der Waals surface area contributed by atoms with Gasteiger partial charge in [-0.05, 0) is 20.8 Å². The zero-order valence-electron chi connectivity index (χ0n) is 8.39. The van der Waals surface area contributed by atoms with E-state index in [9.17, 15) is 9.59 Å². The lowest BCUT2D eigenvalue weighted by Gasteiger charge is -2.08. The van der Waals surface area contributed by atoms with E-state index >= 15 is 0 Å². The van der Waals surface area contributed by atoms with Crippen LogP contribution in [0.5, 0.6) is 0 Å². The zero-order valence-corrected chi connectivity index (χ0v) is 8.39. The molecule has 4 nitrogen and oxygen atoms in total. The first-order valence-corrected chi connectivity index (χ1v) is 4.30. The van der Waals surface area contributed by atoms with Gasteiger partial charge in [-0.15, -0.1) is 0 Å². The molecule has 1 fully saturated rings. The molecule has 1 rings (SSSR count). The van der Waals surface area contributed by atoms with Crippen LogP contribution < -0.4 is 5.32 Å². The summed E-state index contributed by atoms with van der Waals surface area (Å²) in [7, 11) is 0. The molecule has 0 aromatic heterocycles. The van der Waals surface area contributed by atoms with E-state index in [0.29, 0.717) is 12.3 Å². The summed E-state index contributed by atoms with van der Waals surface area (Å²) >= 11 is 0. The number of hydrogen-bond donors (Lipinski definition) is 2. The van der Waals surface area contributed by atoms with Crippen molar-refractivity contribution in [2.24, 2.45) is 5.41 Å². The summed E-state index contributed by atoms with van der Waals surface area (Å²) in [4.78, 5) is 20.2. The summed E-state index contributed by atoms with van der Waals surface area (Å²) < 4.78 is 0. The second kappa shape index (κ2) is 4.97. The second-order valence-corrected chi connectivity index (χ2v) is 4.02. The van der Waals surface area contributed by atoms with Crippen molar-refractivity contribution in [3.63, 3.8) is 0 Å². The zero-order chi connectivity index (χ0) is 10.5. The molecular weight excluding hydrogens is 170 g/mol. The van der Waals surface area contributed by atoms with Gasteiger partial charge >= 0.3 is 5.97 Å². The van der Waals surface area contributed by atoms with Gasteiger partial charge in [-0.2, -0.15) is 0 Å². The van der Waals surface area contributed by atoms with Crippen molar-refractivity contribution < 1.29 is 14.7 Å². The molecule has 0 bridgehead atoms. The van der Waals surface area contributed by atoms with Crippen molar-refractivity contribution in [1.29, 1.82) is 0 Å². The Bertz CT molecular complexity index is 186. The first-order chi connectivity index (χ1) is 5.84. The van der Waals surface area contributed by atoms with E-state index in [4.69, 9.17) is 5.11 Å². The molecule has 1 aliphatic rings. The molecule has 0 unspecified atom stereocenters. The first kappa shape index (κ1) is 12.1. The lowest BCUT2D eigenvalue weighted by molar-refractivity contribution is -0.145. The highest BCUT2D eigenvalue weighted by atomic mass is 16.4. The maximum atomic E-state index is 10.2. The normalized spacial score (nSPS) is 16.4. The predicted octanol–water partition coefficient (Wildman–Crippen LogP) is 0.666. The van der Waals surface area contributed by atoms with Crippen molar-refractivity contribution in [2.45, 2.75) is 27.2 Å². The van der Waals surface area contributed by atoms with E-state index in [1.165, 1.54) is 0 Å². The molecule has 0 saturated carbocycles. The molecule has 1 saturated heterocycles. The molecule has 0 atom stereocenters. The monoisotopic (exact) mass is 187 g/mol. The van der Waals surface area contributed by atoms with Gasteiger partial charge in [0, 0.05) is 13.0 Å². The minimum atomic E-state index is -0.757. The first-order valence-electron chi connectivity index (χ1n) is 4.30. The Morgan fingerprint density at radius 1 is 1.46 bits per heavy atom. The average molecular weight is 187 g/mol. The van der Waals surface area contributed by atoms with E-state index in [0.717, 1.165) is 13.0 Å². The van der Waals surface area contributed by atoms with Crippen LogP contribution in [0, 0.1) is 5.41 Å². The Morgan fingerprint density at radius 2 is 1.92 bits per heavy atom. The van der Waals surface area contributed by atoms with Crippen molar-refractivity contribution in [2.75, 3.05) is 13.1 Å². The number of carboxylic acids is 1. The van der Waals surface area contributed by atoms with E-state index in [1.807, 2.05) is 0 Å². The lowest BCUT2D eigenvalue weighted by Crippen LogP contribution is -2.18. The van der Waals surface area contributed by atoms with Gasteiger partial charge in [0.15, 0.2) is 0 Å². The number of Topliss-reactive ketones (excluding diaryl/α,β-unsaturated/α-hetero) is 1. The molecule has 76 valence electrons. The number of nitrogens with one attached hydrogen (secondary N) is 1. The molecule has 1 heterocycles. The molecule has 0 aromatic rings. The number of rotatable bonds is 0. The summed E-state index contributed by atoms with van der Waals surface area (Å²) in [5, 5.41) is 11.2. The van der Waals surface area contributed by atoms with Gasteiger partial charge in [-0.25, -0.2) is 0 Å². The number of carboxylic acid groups (broad SMARTS) is 1. The summed E-state index contributed by atoms with van der Waals surface area (Å²) in [6.07, 6.45) is 0.736. The van der Waals surface area contributed by atoms with Crippen molar-refractivity contribution in [3.05, 3.63) is 0 Å². The van der Waals surface area contributed by atoms with Gasteiger partial charge in [0.25, 0.3) is 0 Å². The summed E-state index contributed by atoms with van der Waals surface area (Å²) in [6.45, 7) is 6.47. The van der Waals surface area contributed by atoms with Gasteiger partial charge < -0.3 is 10.4 Å². The molecule has 0 amide bonds. The number of ketones is 1. The Hall–Kier alpha value is -0.900. The Morgan fingerprint density at radius 3 is 2.00 bits per heavy atom. The SMILES string of the molecule is CC(C)(C)C(=O)O.O=C1CCNC1. The summed E-state index contributed by atoms with van der Waals surface area (Å²) in [5.74, 6) is -0.414. The third-order valence-electron chi connectivity index (χ3n) is 1.54. The highest BCUT2D eigenvalue weighted by Gasteiger charge is 2.18. The van der Waals surface area contributed by atoms with Gasteiger partial charge in [0.2, 0.25) is 0 Å². The highest BCUT2D eigenvalue weighted by Crippen LogP contribution is 2.11. The quantitative estimate of drug-likeness (QED) is 0.585. The Balaban J connectivity index is 0.000000223. The molecule has 2 N–H and O–H groups in total. The Kier molecular flexibility index (Phi) is 4.62. The van der Waals surface area contributed by atoms with Crippen LogP contribution in [0.15, 0.2) is 0 Å². The standard InChI is InChI=1S/C5H10O2.C4H7NO/c1-5(2,3)4(6)7;6-4-1-2-5-3-4/h1-3H3,(H,6,7);5H,1-3H2. The van der Waals surface area contributed by atoms with Gasteiger partial charge in [-0.1, -0.05) is 0 Å². The number of aliphatic carboxylic acids is 1. The minimum Gasteiger partial charge on any atom is -0.481 e. The third-order valence-corrected chi connectivity index (χ3v) is 1.54. The molecule has 0 spiro atoms. The van der Waals surface area contributed by atoms with Crippen LogP contribution in [-0.2, 0) is 9.59 Å². The van der Waals surface area contributed by atoms with Crippen LogP contribution in [0.4, 0.5) is 0 Å².